The quantitative estimate of drug-likeness (QED) is 0.521. The maximum absolute atomic E-state index is 6.65. The minimum Gasteiger partial charge on any atom is -0.203 e. The summed E-state index contributed by atoms with van der Waals surface area (Å²) < 4.78 is 6.65. The third-order valence-electron chi connectivity index (χ3n) is 5.43. The third kappa shape index (κ3) is 2.35. The molecule has 5 rings (SSSR count). The zero-order valence-electron chi connectivity index (χ0n) is 11.2. The van der Waals surface area contributed by atoms with Crippen molar-refractivity contribution in [1.82, 2.24) is 0 Å². The summed E-state index contributed by atoms with van der Waals surface area (Å²) in [6.07, 6.45) is 15.6. The van der Waals surface area contributed by atoms with Crippen molar-refractivity contribution in [2.24, 2.45) is 17.8 Å². The summed E-state index contributed by atoms with van der Waals surface area (Å²) in [5.41, 5.74) is 0.120. The molecule has 1 nitrogen and oxygen atoms in total. The second kappa shape index (κ2) is 4.53. The summed E-state index contributed by atoms with van der Waals surface area (Å²) >= 11 is 9.69. The molecule has 4 fully saturated rings. The van der Waals surface area contributed by atoms with Crippen molar-refractivity contribution in [2.45, 2.75) is 50.5 Å². The Morgan fingerprint density at radius 1 is 1.05 bits per heavy atom. The topological polar surface area (TPSA) is 9.23 Å². The van der Waals surface area contributed by atoms with E-state index >= 15 is 0 Å². The van der Waals surface area contributed by atoms with Gasteiger partial charge in [0, 0.05) is 6.42 Å². The Balaban J connectivity index is 1.56. The van der Waals surface area contributed by atoms with Gasteiger partial charge < -0.3 is 0 Å². The predicted octanol–water partition coefficient (Wildman–Crippen LogP) is 5.44. The summed E-state index contributed by atoms with van der Waals surface area (Å²) in [5.74, 6) is 0.808. The number of hydrogen-bond acceptors (Lipinski definition) is 3. The molecule has 0 aliphatic heterocycles. The van der Waals surface area contributed by atoms with Crippen LogP contribution < -0.4 is 0 Å². The molecular weight excluding hydrogens is 291 g/mol. The normalized spacial score (nSPS) is 43.9. The van der Waals surface area contributed by atoms with E-state index in [1.54, 1.807) is 0 Å². The minimum absolute atomic E-state index is 0.120. The second-order valence-corrected chi connectivity index (χ2v) is 13.2. The van der Waals surface area contributed by atoms with Crippen molar-refractivity contribution in [3.63, 3.8) is 0 Å². The number of allylic oxidation sites excluding steroid dienone is 4. The van der Waals surface area contributed by atoms with E-state index in [9.17, 15) is 0 Å². The molecular formula is C15H22OPS2+. The van der Waals surface area contributed by atoms with E-state index in [0.29, 0.717) is 0 Å². The molecule has 104 valence electrons. The van der Waals surface area contributed by atoms with Crippen molar-refractivity contribution in [3.8, 4) is 0 Å². The molecule has 5 aliphatic carbocycles. The summed E-state index contributed by atoms with van der Waals surface area (Å²) in [7, 11) is 0. The van der Waals surface area contributed by atoms with E-state index < -0.39 is 5.89 Å². The average Bonchev–Trinajstić information content (AvgIpc) is 2.78. The monoisotopic (exact) mass is 313 g/mol. The van der Waals surface area contributed by atoms with Crippen LogP contribution >= 0.6 is 30.4 Å². The molecule has 5 aliphatic rings. The summed E-state index contributed by atoms with van der Waals surface area (Å²) in [4.78, 5) is 0. The molecule has 0 aromatic carbocycles. The highest BCUT2D eigenvalue weighted by Gasteiger charge is 2.57. The van der Waals surface area contributed by atoms with Crippen molar-refractivity contribution in [3.05, 3.63) is 23.5 Å². The summed E-state index contributed by atoms with van der Waals surface area (Å²) in [6, 6.07) is 0. The Kier molecular flexibility index (Phi) is 3.16. The Morgan fingerprint density at radius 3 is 2.11 bits per heavy atom. The maximum Gasteiger partial charge on any atom is 0.285 e. The predicted molar refractivity (Wildman–Crippen MR) is 88.7 cm³/mol. The minimum atomic E-state index is -1.95. The first-order valence-electron chi connectivity index (χ1n) is 7.46. The lowest BCUT2D eigenvalue weighted by molar-refractivity contribution is -0.102. The number of hydrogen-bond donors (Lipinski definition) is 2. The fraction of sp³-hybridized carbons (Fsp3) is 0.733. The Bertz CT molecular complexity index is 420. The van der Waals surface area contributed by atoms with Crippen LogP contribution in [0.5, 0.6) is 0 Å². The van der Waals surface area contributed by atoms with E-state index in [2.05, 4.69) is 18.2 Å². The molecule has 0 aromatic heterocycles. The lowest BCUT2D eigenvalue weighted by Crippen LogP contribution is -2.51. The molecule has 0 atom stereocenters. The van der Waals surface area contributed by atoms with E-state index in [0.717, 1.165) is 24.2 Å². The highest BCUT2D eigenvalue weighted by atomic mass is 33.1. The molecule has 0 unspecified atom stereocenters. The number of thiol groups is 2. The van der Waals surface area contributed by atoms with Gasteiger partial charge in [-0.2, -0.15) is 0 Å². The smallest absolute Gasteiger partial charge is 0.203 e. The molecule has 4 saturated carbocycles. The fourth-order valence-corrected chi connectivity index (χ4v) is 8.56. The Labute approximate surface area is 127 Å². The molecule has 0 amide bonds. The zero-order valence-corrected chi connectivity index (χ0v) is 13.8. The first-order chi connectivity index (χ1) is 9.05. The molecule has 19 heavy (non-hydrogen) atoms. The molecule has 4 heteroatoms. The Morgan fingerprint density at radius 2 is 1.63 bits per heavy atom. The zero-order chi connectivity index (χ0) is 13.1. The molecule has 0 heterocycles. The van der Waals surface area contributed by atoms with Gasteiger partial charge in [-0.05, 0) is 62.4 Å². The van der Waals surface area contributed by atoms with Crippen LogP contribution in [-0.4, -0.2) is 5.60 Å². The fourth-order valence-electron chi connectivity index (χ4n) is 5.12. The van der Waals surface area contributed by atoms with Crippen LogP contribution in [0.15, 0.2) is 23.5 Å². The molecule has 0 spiro atoms. The Hall–Kier alpha value is 0.570. The highest BCUT2D eigenvalue weighted by molar-refractivity contribution is 8.85. The van der Waals surface area contributed by atoms with Gasteiger partial charge in [-0.25, -0.2) is 4.52 Å². The van der Waals surface area contributed by atoms with Crippen LogP contribution in [0.1, 0.15) is 44.9 Å². The van der Waals surface area contributed by atoms with Crippen molar-refractivity contribution in [2.75, 3.05) is 0 Å². The van der Waals surface area contributed by atoms with Gasteiger partial charge in [0.2, 0.25) is 0 Å². The van der Waals surface area contributed by atoms with Crippen molar-refractivity contribution >= 4 is 30.4 Å². The van der Waals surface area contributed by atoms with E-state index in [1.165, 1.54) is 43.8 Å². The van der Waals surface area contributed by atoms with Crippen molar-refractivity contribution < 1.29 is 4.52 Å². The molecule has 0 radical (unpaired) electrons. The van der Waals surface area contributed by atoms with Crippen LogP contribution in [0.2, 0.25) is 0 Å². The van der Waals surface area contributed by atoms with Gasteiger partial charge in [0.1, 0.15) is 10.9 Å². The van der Waals surface area contributed by atoms with Crippen LogP contribution in [0.4, 0.5) is 0 Å². The molecule has 0 N–H and O–H groups in total. The molecule has 0 saturated heterocycles. The number of rotatable bonds is 3. The molecule has 4 bridgehead atoms. The first-order valence-corrected chi connectivity index (χ1v) is 11.5. The third-order valence-corrected chi connectivity index (χ3v) is 9.18. The van der Waals surface area contributed by atoms with Gasteiger partial charge in [-0.15, -0.1) is 0 Å². The van der Waals surface area contributed by atoms with Gasteiger partial charge in [-0.1, -0.05) is 12.2 Å². The maximum atomic E-state index is 6.65. The first kappa shape index (κ1) is 13.2. The van der Waals surface area contributed by atoms with Gasteiger partial charge in [-0.3, -0.25) is 0 Å². The van der Waals surface area contributed by atoms with E-state index in [-0.39, 0.29) is 5.60 Å². The van der Waals surface area contributed by atoms with Crippen LogP contribution in [0.3, 0.4) is 0 Å². The van der Waals surface area contributed by atoms with Crippen LogP contribution in [0.25, 0.3) is 0 Å². The van der Waals surface area contributed by atoms with Gasteiger partial charge in [0.15, 0.2) is 0 Å². The van der Waals surface area contributed by atoms with Crippen molar-refractivity contribution in [1.29, 1.82) is 0 Å². The van der Waals surface area contributed by atoms with E-state index in [1.807, 2.05) is 0 Å². The van der Waals surface area contributed by atoms with Crippen LogP contribution in [-0.2, 0) is 4.52 Å². The summed E-state index contributed by atoms with van der Waals surface area (Å²) in [5, 5.41) is 1.30. The molecule has 0 aromatic rings. The van der Waals surface area contributed by atoms with Crippen LogP contribution in [0, 0.1) is 17.8 Å². The lowest BCUT2D eigenvalue weighted by atomic mass is 9.54. The standard InChI is InChI=1S/C15H22OPS2/c18-17(19,14-3-1-2-4-14)16-15-8-11-5-12(9-15)7-13(6-11)10-15/h1-3,11-13,18-19H,4-10H2/q+1. The average molecular weight is 313 g/mol. The second-order valence-electron chi connectivity index (χ2n) is 7.03. The SMILES string of the molecule is S[P+](S)(OC12CC3CC(CC(C3)C1)C2)C1=CC=CC1. The lowest BCUT2D eigenvalue weighted by Gasteiger charge is -2.55. The highest BCUT2D eigenvalue weighted by Crippen LogP contribution is 2.79. The van der Waals surface area contributed by atoms with E-state index in [4.69, 9.17) is 29.0 Å². The largest absolute Gasteiger partial charge is 0.285 e. The van der Waals surface area contributed by atoms with Gasteiger partial charge in [0.05, 0.1) is 24.5 Å². The summed E-state index contributed by atoms with van der Waals surface area (Å²) in [6.45, 7) is 0. The van der Waals surface area contributed by atoms with Gasteiger partial charge in [0.25, 0.3) is 5.89 Å². The van der Waals surface area contributed by atoms with Gasteiger partial charge >= 0.3 is 0 Å².